The first kappa shape index (κ1) is 17.4. The average molecular weight is 273 g/mol. The summed E-state index contributed by atoms with van der Waals surface area (Å²) >= 11 is 0. The summed E-state index contributed by atoms with van der Waals surface area (Å²) in [5.74, 6) is -0.859. The van der Waals surface area contributed by atoms with Crippen molar-refractivity contribution in [3.63, 3.8) is 0 Å². The van der Waals surface area contributed by atoms with E-state index >= 15 is 0 Å². The third-order valence-corrected chi connectivity index (χ3v) is 2.46. The molecule has 0 unspecified atom stereocenters. The van der Waals surface area contributed by atoms with Crippen molar-refractivity contribution in [3.05, 3.63) is 0 Å². The van der Waals surface area contributed by atoms with Crippen LogP contribution in [-0.4, -0.2) is 56.1 Å². The molecule has 0 bridgehead atoms. The first-order valence-corrected chi connectivity index (χ1v) is 6.40. The molecule has 0 saturated heterocycles. The number of methoxy groups -OCH3 is 1. The van der Waals surface area contributed by atoms with Crippen molar-refractivity contribution >= 4 is 17.9 Å². The van der Waals surface area contributed by atoms with E-state index in [4.69, 9.17) is 0 Å². The van der Waals surface area contributed by atoms with Crippen molar-refractivity contribution in [3.8, 4) is 0 Å². The van der Waals surface area contributed by atoms with Crippen molar-refractivity contribution in [2.24, 2.45) is 0 Å². The molecule has 0 atom stereocenters. The highest BCUT2D eigenvalue weighted by Gasteiger charge is 2.14. The Morgan fingerprint density at radius 1 is 1.16 bits per heavy atom. The predicted octanol–water partition coefficient (Wildman–Crippen LogP) is 0.107. The van der Waals surface area contributed by atoms with Gasteiger partial charge in [0.1, 0.15) is 0 Å². The normalized spacial score (nSPS) is 10.1. The SMILES string of the molecule is CCCCNC(=O)NC(=O)CN(CC)CC(=O)OC. The molecule has 3 amide bonds. The van der Waals surface area contributed by atoms with Crippen LogP contribution in [0.1, 0.15) is 26.7 Å². The van der Waals surface area contributed by atoms with Gasteiger partial charge in [-0.1, -0.05) is 20.3 Å². The van der Waals surface area contributed by atoms with Crippen LogP contribution in [0.4, 0.5) is 4.79 Å². The first-order chi connectivity index (χ1) is 9.03. The Morgan fingerprint density at radius 3 is 2.37 bits per heavy atom. The molecule has 7 heteroatoms. The summed E-state index contributed by atoms with van der Waals surface area (Å²) < 4.78 is 4.52. The number of nitrogens with zero attached hydrogens (tertiary/aromatic N) is 1. The Hall–Kier alpha value is -1.63. The molecule has 0 fully saturated rings. The average Bonchev–Trinajstić information content (AvgIpc) is 2.37. The number of unbranched alkanes of at least 4 members (excludes halogenated alkanes) is 1. The molecule has 0 spiro atoms. The number of hydrogen-bond donors (Lipinski definition) is 2. The quantitative estimate of drug-likeness (QED) is 0.484. The number of imide groups is 1. The van der Waals surface area contributed by atoms with Crippen molar-refractivity contribution < 1.29 is 19.1 Å². The summed E-state index contributed by atoms with van der Waals surface area (Å²) in [6, 6.07) is -0.507. The van der Waals surface area contributed by atoms with E-state index in [2.05, 4.69) is 15.4 Å². The highest BCUT2D eigenvalue weighted by molar-refractivity contribution is 5.95. The molecule has 0 aromatic rings. The Labute approximate surface area is 113 Å². The van der Waals surface area contributed by atoms with Gasteiger partial charge >= 0.3 is 12.0 Å². The monoisotopic (exact) mass is 273 g/mol. The fourth-order valence-electron chi connectivity index (χ4n) is 1.32. The number of likely N-dealkylation sites (N-methyl/N-ethyl adjacent to an activating group) is 1. The number of nitrogens with one attached hydrogen (secondary N) is 2. The maximum absolute atomic E-state index is 11.6. The van der Waals surface area contributed by atoms with Gasteiger partial charge < -0.3 is 10.1 Å². The second-order valence-corrected chi connectivity index (χ2v) is 4.04. The Bertz CT molecular complexity index is 307. The number of amides is 3. The summed E-state index contributed by atoms with van der Waals surface area (Å²) in [4.78, 5) is 35.6. The van der Waals surface area contributed by atoms with Gasteiger partial charge in [-0.25, -0.2) is 4.79 Å². The molecular formula is C12H23N3O4. The zero-order chi connectivity index (χ0) is 14.7. The number of urea groups is 1. The largest absolute Gasteiger partial charge is 0.468 e. The minimum absolute atomic E-state index is 0.0210. The topological polar surface area (TPSA) is 87.7 Å². The molecule has 0 aromatic heterocycles. The van der Waals surface area contributed by atoms with Crippen molar-refractivity contribution in [2.45, 2.75) is 26.7 Å². The van der Waals surface area contributed by atoms with Crippen LogP contribution < -0.4 is 10.6 Å². The molecule has 110 valence electrons. The fraction of sp³-hybridized carbons (Fsp3) is 0.750. The van der Waals surface area contributed by atoms with E-state index in [1.54, 1.807) is 4.90 Å². The van der Waals surface area contributed by atoms with Crippen molar-refractivity contribution in [1.29, 1.82) is 0 Å². The van der Waals surface area contributed by atoms with Crippen LogP contribution in [0.3, 0.4) is 0 Å². The van der Waals surface area contributed by atoms with Gasteiger partial charge in [0.25, 0.3) is 0 Å². The minimum atomic E-state index is -0.507. The molecule has 0 aliphatic carbocycles. The van der Waals surface area contributed by atoms with Crippen molar-refractivity contribution in [2.75, 3.05) is 33.3 Å². The highest BCUT2D eigenvalue weighted by atomic mass is 16.5. The lowest BCUT2D eigenvalue weighted by atomic mass is 10.3. The first-order valence-electron chi connectivity index (χ1n) is 6.40. The molecule has 0 saturated carbocycles. The lowest BCUT2D eigenvalue weighted by Gasteiger charge is -2.17. The van der Waals surface area contributed by atoms with Gasteiger partial charge in [-0.2, -0.15) is 0 Å². The summed E-state index contributed by atoms with van der Waals surface area (Å²) in [5, 5.41) is 4.79. The van der Waals surface area contributed by atoms with E-state index < -0.39 is 17.9 Å². The van der Waals surface area contributed by atoms with E-state index in [1.807, 2.05) is 13.8 Å². The molecule has 2 N–H and O–H groups in total. The second-order valence-electron chi connectivity index (χ2n) is 4.04. The molecule has 19 heavy (non-hydrogen) atoms. The lowest BCUT2D eigenvalue weighted by Crippen LogP contribution is -2.45. The molecule has 0 rings (SSSR count). The third-order valence-electron chi connectivity index (χ3n) is 2.46. The standard InChI is InChI=1S/C12H23N3O4/c1-4-6-7-13-12(18)14-10(16)8-15(5-2)9-11(17)19-3/h4-9H2,1-3H3,(H2,13,14,16,18). The number of carbonyl (C=O) groups is 3. The molecule has 7 nitrogen and oxygen atoms in total. The highest BCUT2D eigenvalue weighted by Crippen LogP contribution is 1.89. The third kappa shape index (κ3) is 9.01. The van der Waals surface area contributed by atoms with E-state index in [9.17, 15) is 14.4 Å². The van der Waals surface area contributed by atoms with Crippen LogP contribution in [0.2, 0.25) is 0 Å². The van der Waals surface area contributed by atoms with Crippen LogP contribution in [0.5, 0.6) is 0 Å². The number of carbonyl (C=O) groups excluding carboxylic acids is 3. The van der Waals surface area contributed by atoms with Gasteiger partial charge in [0.05, 0.1) is 20.2 Å². The van der Waals surface area contributed by atoms with E-state index in [-0.39, 0.29) is 13.1 Å². The zero-order valence-electron chi connectivity index (χ0n) is 11.8. The maximum atomic E-state index is 11.6. The number of hydrogen-bond acceptors (Lipinski definition) is 5. The van der Waals surface area contributed by atoms with Crippen LogP contribution >= 0.6 is 0 Å². The Morgan fingerprint density at radius 2 is 1.84 bits per heavy atom. The number of rotatable bonds is 8. The number of esters is 1. The van der Waals surface area contributed by atoms with Gasteiger partial charge in [-0.3, -0.25) is 19.8 Å². The van der Waals surface area contributed by atoms with Crippen LogP contribution in [0.15, 0.2) is 0 Å². The number of ether oxygens (including phenoxy) is 1. The van der Waals surface area contributed by atoms with Gasteiger partial charge in [0.2, 0.25) is 5.91 Å². The Balaban J connectivity index is 3.99. The van der Waals surface area contributed by atoms with Gasteiger partial charge in [0, 0.05) is 6.54 Å². The van der Waals surface area contributed by atoms with E-state index in [0.717, 1.165) is 12.8 Å². The van der Waals surface area contributed by atoms with Crippen molar-refractivity contribution in [1.82, 2.24) is 15.5 Å². The van der Waals surface area contributed by atoms with Crippen LogP contribution in [-0.2, 0) is 14.3 Å². The summed E-state index contributed by atoms with van der Waals surface area (Å²) in [6.45, 7) is 4.88. The minimum Gasteiger partial charge on any atom is -0.468 e. The molecule has 0 aromatic carbocycles. The van der Waals surface area contributed by atoms with E-state index in [1.165, 1.54) is 7.11 Å². The summed E-state index contributed by atoms with van der Waals surface area (Å²) in [5.41, 5.74) is 0. The fourth-order valence-corrected chi connectivity index (χ4v) is 1.32. The summed E-state index contributed by atoms with van der Waals surface area (Å²) in [7, 11) is 1.29. The van der Waals surface area contributed by atoms with Crippen LogP contribution in [0, 0.1) is 0 Å². The molecule has 0 aliphatic rings. The van der Waals surface area contributed by atoms with Gasteiger partial charge in [0.15, 0.2) is 0 Å². The van der Waals surface area contributed by atoms with Gasteiger partial charge in [-0.05, 0) is 13.0 Å². The predicted molar refractivity (Wildman–Crippen MR) is 70.6 cm³/mol. The zero-order valence-corrected chi connectivity index (χ0v) is 11.8. The second kappa shape index (κ2) is 10.3. The molecule has 0 aliphatic heterocycles. The Kier molecular flexibility index (Phi) is 9.42. The van der Waals surface area contributed by atoms with Crippen LogP contribution in [0.25, 0.3) is 0 Å². The molecular weight excluding hydrogens is 250 g/mol. The maximum Gasteiger partial charge on any atom is 0.321 e. The molecule has 0 heterocycles. The summed E-state index contributed by atoms with van der Waals surface area (Å²) in [6.07, 6.45) is 1.84. The molecule has 0 radical (unpaired) electrons. The van der Waals surface area contributed by atoms with Gasteiger partial charge in [-0.15, -0.1) is 0 Å². The van der Waals surface area contributed by atoms with E-state index in [0.29, 0.717) is 13.1 Å². The lowest BCUT2D eigenvalue weighted by molar-refractivity contribution is -0.142. The smallest absolute Gasteiger partial charge is 0.321 e.